The first kappa shape index (κ1) is 13.5. The lowest BCUT2D eigenvalue weighted by molar-refractivity contribution is 0.584. The minimum Gasteiger partial charge on any atom is -0.393 e. The van der Waals surface area contributed by atoms with Crippen molar-refractivity contribution in [3.05, 3.63) is 27.0 Å². The van der Waals surface area contributed by atoms with Crippen molar-refractivity contribution in [3.8, 4) is 0 Å². The Labute approximate surface area is 98.2 Å². The Balaban J connectivity index is 2.88. The number of H-pyrrole nitrogens is 1. The zero-order chi connectivity index (χ0) is 13.1. The van der Waals surface area contributed by atoms with Crippen LogP contribution in [0.1, 0.15) is 13.3 Å². The third-order valence-electron chi connectivity index (χ3n) is 2.20. The van der Waals surface area contributed by atoms with E-state index in [0.717, 1.165) is 10.8 Å². The maximum atomic E-state index is 11.4. The summed E-state index contributed by atoms with van der Waals surface area (Å²) in [6, 6.07) is 0. The summed E-state index contributed by atoms with van der Waals surface area (Å²) in [4.78, 5) is 24.3. The second-order valence-corrected chi connectivity index (χ2v) is 5.99. The van der Waals surface area contributed by atoms with Gasteiger partial charge in [-0.25, -0.2) is 13.2 Å². The predicted molar refractivity (Wildman–Crippen MR) is 64.7 cm³/mol. The van der Waals surface area contributed by atoms with Gasteiger partial charge in [0.05, 0.1) is 5.75 Å². The first-order chi connectivity index (χ1) is 7.85. The number of rotatable bonds is 5. The number of nitrogens with one attached hydrogen (secondary N) is 1. The van der Waals surface area contributed by atoms with Gasteiger partial charge in [-0.2, -0.15) is 0 Å². The minimum atomic E-state index is -3.16. The lowest BCUT2D eigenvalue weighted by Gasteiger charge is -2.06. The molecule has 96 valence electrons. The van der Waals surface area contributed by atoms with Crippen LogP contribution in [0.2, 0.25) is 0 Å². The molecule has 0 unspecified atom stereocenters. The van der Waals surface area contributed by atoms with E-state index in [4.69, 9.17) is 5.73 Å². The Hall–Kier alpha value is -1.57. The number of hydrogen-bond donors (Lipinski definition) is 2. The highest BCUT2D eigenvalue weighted by atomic mass is 32.2. The van der Waals surface area contributed by atoms with E-state index in [0.29, 0.717) is 6.42 Å². The molecule has 1 aromatic heterocycles. The number of hydrogen-bond acceptors (Lipinski definition) is 5. The van der Waals surface area contributed by atoms with Gasteiger partial charge in [0, 0.05) is 18.5 Å². The highest BCUT2D eigenvalue weighted by Gasteiger charge is 2.10. The fraction of sp³-hybridized carbons (Fsp3) is 0.556. The van der Waals surface area contributed by atoms with E-state index in [9.17, 15) is 18.0 Å². The normalized spacial score (nSPS) is 11.6. The van der Waals surface area contributed by atoms with Crippen LogP contribution in [0.3, 0.4) is 0 Å². The molecular formula is C9H15N3O4S. The first-order valence-corrected chi connectivity index (χ1v) is 6.97. The third kappa shape index (κ3) is 3.74. The number of sulfone groups is 1. The zero-order valence-electron chi connectivity index (χ0n) is 9.47. The molecular weight excluding hydrogens is 246 g/mol. The van der Waals surface area contributed by atoms with Gasteiger partial charge in [0.2, 0.25) is 0 Å². The van der Waals surface area contributed by atoms with Gasteiger partial charge < -0.3 is 5.73 Å². The van der Waals surface area contributed by atoms with Crippen molar-refractivity contribution in [2.45, 2.75) is 19.9 Å². The molecule has 0 saturated heterocycles. The number of nitrogens with zero attached hydrogens (tertiary/aromatic N) is 1. The second kappa shape index (κ2) is 5.17. The van der Waals surface area contributed by atoms with Crippen LogP contribution in [0.25, 0.3) is 0 Å². The highest BCUT2D eigenvalue weighted by molar-refractivity contribution is 7.91. The summed E-state index contributed by atoms with van der Waals surface area (Å²) >= 11 is 0. The standard InChI is InChI=1S/C9H15N3O4S/c1-2-4-17(15,16)5-3-12-6-7(10)8(13)11-9(12)14/h6H,2-5,10H2,1H3,(H,11,13,14). The smallest absolute Gasteiger partial charge is 0.328 e. The maximum Gasteiger partial charge on any atom is 0.328 e. The average Bonchev–Trinajstić information content (AvgIpc) is 2.21. The number of aryl methyl sites for hydroxylation is 1. The Morgan fingerprint density at radius 3 is 2.59 bits per heavy atom. The number of aromatic nitrogens is 2. The van der Waals surface area contributed by atoms with Crippen molar-refractivity contribution in [1.82, 2.24) is 9.55 Å². The molecule has 0 aliphatic carbocycles. The zero-order valence-corrected chi connectivity index (χ0v) is 10.3. The molecule has 0 aliphatic heterocycles. The van der Waals surface area contributed by atoms with Crippen LogP contribution in [0.5, 0.6) is 0 Å². The number of anilines is 1. The molecule has 7 nitrogen and oxygen atoms in total. The molecule has 17 heavy (non-hydrogen) atoms. The molecule has 0 bridgehead atoms. The molecule has 0 aliphatic rings. The van der Waals surface area contributed by atoms with Crippen molar-refractivity contribution in [2.75, 3.05) is 17.2 Å². The molecule has 0 amide bonds. The molecule has 3 N–H and O–H groups in total. The quantitative estimate of drug-likeness (QED) is 0.701. The van der Waals surface area contributed by atoms with Crippen LogP contribution >= 0.6 is 0 Å². The third-order valence-corrected chi connectivity index (χ3v) is 4.03. The maximum absolute atomic E-state index is 11.4. The molecule has 0 atom stereocenters. The topological polar surface area (TPSA) is 115 Å². The molecule has 8 heteroatoms. The van der Waals surface area contributed by atoms with E-state index >= 15 is 0 Å². The molecule has 1 aromatic rings. The Morgan fingerprint density at radius 2 is 2.00 bits per heavy atom. The van der Waals surface area contributed by atoms with E-state index in [1.165, 1.54) is 0 Å². The molecule has 0 fully saturated rings. The van der Waals surface area contributed by atoms with Crippen molar-refractivity contribution >= 4 is 15.5 Å². The van der Waals surface area contributed by atoms with Gasteiger partial charge in [0.15, 0.2) is 9.84 Å². The summed E-state index contributed by atoms with van der Waals surface area (Å²) in [7, 11) is -3.16. The molecule has 0 spiro atoms. The van der Waals surface area contributed by atoms with E-state index in [2.05, 4.69) is 0 Å². The van der Waals surface area contributed by atoms with Crippen LogP contribution in [0.4, 0.5) is 5.69 Å². The largest absolute Gasteiger partial charge is 0.393 e. The van der Waals surface area contributed by atoms with Crippen molar-refractivity contribution in [1.29, 1.82) is 0 Å². The van der Waals surface area contributed by atoms with Crippen molar-refractivity contribution in [3.63, 3.8) is 0 Å². The highest BCUT2D eigenvalue weighted by Crippen LogP contribution is 1.96. The molecule has 1 rings (SSSR count). The average molecular weight is 261 g/mol. The monoisotopic (exact) mass is 261 g/mol. The van der Waals surface area contributed by atoms with Gasteiger partial charge in [-0.1, -0.05) is 6.92 Å². The first-order valence-electron chi connectivity index (χ1n) is 5.15. The van der Waals surface area contributed by atoms with Crippen molar-refractivity contribution in [2.24, 2.45) is 0 Å². The van der Waals surface area contributed by atoms with Crippen LogP contribution in [-0.2, 0) is 16.4 Å². The lowest BCUT2D eigenvalue weighted by Crippen LogP contribution is -2.32. The van der Waals surface area contributed by atoms with Crippen LogP contribution in [-0.4, -0.2) is 29.5 Å². The predicted octanol–water partition coefficient (Wildman–Crippen LogP) is -1.06. The fourth-order valence-corrected chi connectivity index (χ4v) is 2.64. The molecule has 0 aromatic carbocycles. The summed E-state index contributed by atoms with van der Waals surface area (Å²) in [6.45, 7) is 1.75. The van der Waals surface area contributed by atoms with Gasteiger partial charge in [0.1, 0.15) is 5.69 Å². The van der Waals surface area contributed by atoms with Gasteiger partial charge in [-0.05, 0) is 6.42 Å². The van der Waals surface area contributed by atoms with Crippen LogP contribution in [0, 0.1) is 0 Å². The van der Waals surface area contributed by atoms with E-state index in [-0.39, 0.29) is 23.7 Å². The summed E-state index contributed by atoms with van der Waals surface area (Å²) in [6.07, 6.45) is 1.69. The number of nitrogen functional groups attached to an aromatic ring is 1. The number of nitrogens with two attached hydrogens (primary N) is 1. The Bertz CT molecular complexity index is 599. The van der Waals surface area contributed by atoms with Crippen LogP contribution < -0.4 is 17.0 Å². The molecule has 0 radical (unpaired) electrons. The van der Waals surface area contributed by atoms with Crippen LogP contribution in [0.15, 0.2) is 15.8 Å². The van der Waals surface area contributed by atoms with Gasteiger partial charge in [-0.15, -0.1) is 0 Å². The van der Waals surface area contributed by atoms with Gasteiger partial charge in [0.25, 0.3) is 5.56 Å². The fourth-order valence-electron chi connectivity index (χ4n) is 1.34. The lowest BCUT2D eigenvalue weighted by atomic mass is 10.5. The van der Waals surface area contributed by atoms with E-state index in [1.54, 1.807) is 6.92 Å². The molecule has 1 heterocycles. The summed E-state index contributed by atoms with van der Waals surface area (Å²) < 4.78 is 24.0. The summed E-state index contributed by atoms with van der Waals surface area (Å²) in [5.41, 5.74) is 3.90. The Morgan fingerprint density at radius 1 is 1.35 bits per heavy atom. The summed E-state index contributed by atoms with van der Waals surface area (Å²) in [5, 5.41) is 0. The summed E-state index contributed by atoms with van der Waals surface area (Å²) in [5.74, 6) is -0.0627. The molecule has 0 saturated carbocycles. The van der Waals surface area contributed by atoms with E-state index in [1.807, 2.05) is 4.98 Å². The minimum absolute atomic E-state index is 0.0118. The van der Waals surface area contributed by atoms with E-state index < -0.39 is 21.1 Å². The second-order valence-electron chi connectivity index (χ2n) is 3.69. The Kier molecular flexibility index (Phi) is 4.11. The van der Waals surface area contributed by atoms with Gasteiger partial charge in [-0.3, -0.25) is 14.3 Å². The number of aromatic amines is 1. The van der Waals surface area contributed by atoms with Gasteiger partial charge >= 0.3 is 5.69 Å². The van der Waals surface area contributed by atoms with Crippen molar-refractivity contribution < 1.29 is 8.42 Å². The SMILES string of the molecule is CCCS(=O)(=O)CCn1cc(N)c(=O)[nH]c1=O.